The quantitative estimate of drug-likeness (QED) is 0.727. The highest BCUT2D eigenvalue weighted by molar-refractivity contribution is 7.89. The summed E-state index contributed by atoms with van der Waals surface area (Å²) in [6, 6.07) is 0. The first-order valence-electron chi connectivity index (χ1n) is 9.40. The van der Waals surface area contributed by atoms with E-state index < -0.39 is 10.0 Å². The molecule has 2 saturated heterocycles. The zero-order valence-electron chi connectivity index (χ0n) is 15.5. The molecule has 0 aliphatic carbocycles. The van der Waals surface area contributed by atoms with Gasteiger partial charge >= 0.3 is 0 Å². The normalized spacial score (nSPS) is 22.5. The van der Waals surface area contributed by atoms with Crippen molar-refractivity contribution in [1.29, 1.82) is 0 Å². The Balaban J connectivity index is 1.31. The van der Waals surface area contributed by atoms with Crippen LogP contribution < -0.4 is 0 Å². The van der Waals surface area contributed by atoms with Crippen LogP contribution in [0.2, 0.25) is 0 Å². The smallest absolute Gasteiger partial charge is 0.262 e. The lowest BCUT2D eigenvalue weighted by atomic mass is 10.0. The van der Waals surface area contributed by atoms with E-state index in [0.717, 1.165) is 38.9 Å². The van der Waals surface area contributed by atoms with Crippen LogP contribution in [0.25, 0.3) is 0 Å². The molecule has 0 amide bonds. The van der Waals surface area contributed by atoms with Crippen molar-refractivity contribution >= 4 is 10.0 Å². The van der Waals surface area contributed by atoms with Crippen molar-refractivity contribution < 1.29 is 17.7 Å². The molecule has 9 nitrogen and oxygen atoms in total. The number of sulfonamides is 1. The van der Waals surface area contributed by atoms with Crippen LogP contribution >= 0.6 is 0 Å². The summed E-state index contributed by atoms with van der Waals surface area (Å²) in [5, 5.41) is 4.21. The summed E-state index contributed by atoms with van der Waals surface area (Å²) in [6.45, 7) is 2.53. The molecule has 0 bridgehead atoms. The van der Waals surface area contributed by atoms with Crippen LogP contribution in [-0.4, -0.2) is 58.7 Å². The first kappa shape index (κ1) is 18.6. The monoisotopic (exact) mass is 395 g/mol. The Morgan fingerprint density at radius 1 is 1.26 bits per heavy atom. The number of rotatable bonds is 6. The van der Waals surface area contributed by atoms with Crippen LogP contribution in [0, 0.1) is 5.92 Å². The zero-order valence-corrected chi connectivity index (χ0v) is 16.3. The summed E-state index contributed by atoms with van der Waals surface area (Å²) < 4.78 is 39.3. The second-order valence-electron chi connectivity index (χ2n) is 7.37. The Labute approximate surface area is 158 Å². The zero-order chi connectivity index (χ0) is 18.9. The van der Waals surface area contributed by atoms with E-state index in [4.69, 9.17) is 9.26 Å². The third-order valence-corrected chi connectivity index (χ3v) is 7.12. The van der Waals surface area contributed by atoms with Crippen molar-refractivity contribution in [2.24, 2.45) is 13.0 Å². The standard InChI is InChI=1S/C17H25N5O4S/c1-21-11-16(18-12-21)27(23,24)22-7-4-13(10-22)2-3-15-19-17(26-20-15)14-5-8-25-9-6-14/h11-14H,2-10H2,1H3. The number of imidazole rings is 1. The maximum Gasteiger partial charge on any atom is 0.262 e. The molecule has 2 fully saturated rings. The molecule has 10 heteroatoms. The molecule has 0 radical (unpaired) electrons. The van der Waals surface area contributed by atoms with Gasteiger partial charge in [-0.15, -0.1) is 0 Å². The molecule has 4 rings (SSSR count). The van der Waals surface area contributed by atoms with Crippen molar-refractivity contribution in [2.75, 3.05) is 26.3 Å². The van der Waals surface area contributed by atoms with Crippen LogP contribution in [0.1, 0.15) is 43.3 Å². The molecule has 0 N–H and O–H groups in total. The second kappa shape index (κ2) is 7.69. The molecular formula is C17H25N5O4S. The third-order valence-electron chi connectivity index (χ3n) is 5.36. The lowest BCUT2D eigenvalue weighted by molar-refractivity contribution is 0.0778. The van der Waals surface area contributed by atoms with Gasteiger partial charge in [0.15, 0.2) is 10.9 Å². The van der Waals surface area contributed by atoms with Crippen LogP contribution in [0.5, 0.6) is 0 Å². The summed E-state index contributed by atoms with van der Waals surface area (Å²) in [6.07, 6.45) is 7.29. The summed E-state index contributed by atoms with van der Waals surface area (Å²) >= 11 is 0. The van der Waals surface area contributed by atoms with E-state index in [1.165, 1.54) is 10.6 Å². The number of aromatic nitrogens is 4. The van der Waals surface area contributed by atoms with Gasteiger partial charge in [0, 0.05) is 51.9 Å². The number of aryl methyl sites for hydroxylation is 2. The topological polar surface area (TPSA) is 103 Å². The predicted octanol–water partition coefficient (Wildman–Crippen LogP) is 1.34. The summed E-state index contributed by atoms with van der Waals surface area (Å²) in [7, 11) is -1.74. The Bertz CT molecular complexity index is 872. The Hall–Kier alpha value is -1.78. The van der Waals surface area contributed by atoms with E-state index in [0.29, 0.717) is 43.1 Å². The van der Waals surface area contributed by atoms with Gasteiger partial charge in [0.2, 0.25) is 5.89 Å². The van der Waals surface area contributed by atoms with E-state index in [-0.39, 0.29) is 5.03 Å². The van der Waals surface area contributed by atoms with Crippen LogP contribution in [-0.2, 0) is 28.2 Å². The molecule has 1 unspecified atom stereocenters. The van der Waals surface area contributed by atoms with Gasteiger partial charge in [-0.25, -0.2) is 13.4 Å². The molecule has 2 aromatic rings. The van der Waals surface area contributed by atoms with Gasteiger partial charge in [0.25, 0.3) is 10.0 Å². The lowest BCUT2D eigenvalue weighted by Crippen LogP contribution is -2.29. The molecule has 148 valence electrons. The van der Waals surface area contributed by atoms with Gasteiger partial charge < -0.3 is 13.8 Å². The van der Waals surface area contributed by atoms with E-state index >= 15 is 0 Å². The van der Waals surface area contributed by atoms with Crippen LogP contribution in [0.4, 0.5) is 0 Å². The lowest BCUT2D eigenvalue weighted by Gasteiger charge is -2.17. The molecule has 1 atom stereocenters. The Morgan fingerprint density at radius 3 is 2.81 bits per heavy atom. The molecule has 0 saturated carbocycles. The van der Waals surface area contributed by atoms with E-state index in [1.807, 2.05) is 0 Å². The highest BCUT2D eigenvalue weighted by Gasteiger charge is 2.34. The van der Waals surface area contributed by atoms with Gasteiger partial charge in [0.05, 0.1) is 6.33 Å². The first-order valence-corrected chi connectivity index (χ1v) is 10.8. The number of hydrogen-bond acceptors (Lipinski definition) is 7. The number of ether oxygens (including phenoxy) is 1. The number of nitrogens with zero attached hydrogens (tertiary/aromatic N) is 5. The second-order valence-corrected chi connectivity index (χ2v) is 9.25. The van der Waals surface area contributed by atoms with Crippen LogP contribution in [0.3, 0.4) is 0 Å². The van der Waals surface area contributed by atoms with Gasteiger partial charge in [-0.2, -0.15) is 9.29 Å². The number of hydrogen-bond donors (Lipinski definition) is 0. The van der Waals surface area contributed by atoms with E-state index in [2.05, 4.69) is 15.1 Å². The van der Waals surface area contributed by atoms with E-state index in [9.17, 15) is 8.42 Å². The van der Waals surface area contributed by atoms with E-state index in [1.54, 1.807) is 17.8 Å². The molecule has 0 aromatic carbocycles. The fourth-order valence-corrected chi connectivity index (χ4v) is 5.22. The fourth-order valence-electron chi connectivity index (χ4n) is 3.72. The SMILES string of the molecule is Cn1cnc(S(=O)(=O)N2CCC(CCc3noc(C4CCOCC4)n3)C2)c1. The van der Waals surface area contributed by atoms with Gasteiger partial charge in [-0.05, 0) is 31.6 Å². The Morgan fingerprint density at radius 2 is 2.07 bits per heavy atom. The van der Waals surface area contributed by atoms with Crippen molar-refractivity contribution in [3.63, 3.8) is 0 Å². The average Bonchev–Trinajstić information content (AvgIpc) is 3.41. The van der Waals surface area contributed by atoms with Crippen molar-refractivity contribution in [1.82, 2.24) is 24.0 Å². The maximum absolute atomic E-state index is 12.6. The highest BCUT2D eigenvalue weighted by atomic mass is 32.2. The van der Waals surface area contributed by atoms with Gasteiger partial charge in [0.1, 0.15) is 0 Å². The minimum Gasteiger partial charge on any atom is -0.381 e. The minimum absolute atomic E-state index is 0.116. The predicted molar refractivity (Wildman–Crippen MR) is 95.5 cm³/mol. The molecule has 27 heavy (non-hydrogen) atoms. The van der Waals surface area contributed by atoms with Crippen LogP contribution in [0.15, 0.2) is 22.1 Å². The molecule has 0 spiro atoms. The molecular weight excluding hydrogens is 370 g/mol. The summed E-state index contributed by atoms with van der Waals surface area (Å²) in [4.78, 5) is 8.52. The highest BCUT2D eigenvalue weighted by Crippen LogP contribution is 2.28. The molecule has 4 heterocycles. The average molecular weight is 395 g/mol. The first-order chi connectivity index (χ1) is 13.0. The third kappa shape index (κ3) is 4.07. The minimum atomic E-state index is -3.50. The van der Waals surface area contributed by atoms with Crippen molar-refractivity contribution in [2.45, 2.75) is 43.0 Å². The van der Waals surface area contributed by atoms with Gasteiger partial charge in [-0.1, -0.05) is 5.16 Å². The summed E-state index contributed by atoms with van der Waals surface area (Å²) in [5.41, 5.74) is 0. The largest absolute Gasteiger partial charge is 0.381 e. The molecule has 2 aliphatic heterocycles. The van der Waals surface area contributed by atoms with Gasteiger partial charge in [-0.3, -0.25) is 0 Å². The maximum atomic E-state index is 12.6. The molecule has 2 aromatic heterocycles. The van der Waals surface area contributed by atoms with Crippen molar-refractivity contribution in [3.05, 3.63) is 24.2 Å². The molecule has 2 aliphatic rings. The Kier molecular flexibility index (Phi) is 5.29. The fraction of sp³-hybridized carbons (Fsp3) is 0.706. The van der Waals surface area contributed by atoms with Crippen molar-refractivity contribution in [3.8, 4) is 0 Å². The summed E-state index contributed by atoms with van der Waals surface area (Å²) in [5.74, 6) is 2.01.